The highest BCUT2D eigenvalue weighted by atomic mass is 35.5. The molecule has 9 heteroatoms. The molecule has 0 aliphatic heterocycles. The van der Waals surface area contributed by atoms with Crippen LogP contribution < -0.4 is 16.6 Å². The number of benzene rings is 1. The van der Waals surface area contributed by atoms with E-state index in [1.165, 1.54) is 9.13 Å². The summed E-state index contributed by atoms with van der Waals surface area (Å²) in [6, 6.07) is 6.98. The van der Waals surface area contributed by atoms with Crippen molar-refractivity contribution in [2.75, 3.05) is 11.9 Å². The third-order valence-electron chi connectivity index (χ3n) is 4.55. The van der Waals surface area contributed by atoms with Crippen LogP contribution in [-0.2, 0) is 20.6 Å². The molecule has 2 heterocycles. The fourth-order valence-electron chi connectivity index (χ4n) is 2.97. The Morgan fingerprint density at radius 3 is 2.48 bits per heavy atom. The Hall–Kier alpha value is -2.58. The molecule has 0 bridgehead atoms. The van der Waals surface area contributed by atoms with Crippen LogP contribution in [0.3, 0.4) is 0 Å². The number of halogens is 1. The molecule has 0 aliphatic carbocycles. The van der Waals surface area contributed by atoms with Crippen molar-refractivity contribution in [1.29, 1.82) is 0 Å². The molecule has 0 aliphatic rings. The molecule has 8 nitrogen and oxygen atoms in total. The van der Waals surface area contributed by atoms with Crippen molar-refractivity contribution in [3.63, 3.8) is 0 Å². The predicted molar refractivity (Wildman–Crippen MR) is 106 cm³/mol. The summed E-state index contributed by atoms with van der Waals surface area (Å²) in [6.45, 7) is 2.10. The maximum absolute atomic E-state index is 13.0. The summed E-state index contributed by atoms with van der Waals surface area (Å²) >= 11 is 5.90. The molecule has 3 aromatic rings. The molecule has 0 spiro atoms. The number of aliphatic hydroxyl groups is 1. The van der Waals surface area contributed by atoms with Gasteiger partial charge in [0.15, 0.2) is 11.2 Å². The lowest BCUT2D eigenvalue weighted by atomic mass is 10.2. The van der Waals surface area contributed by atoms with Gasteiger partial charge in [-0.25, -0.2) is 4.79 Å². The van der Waals surface area contributed by atoms with E-state index in [1.807, 2.05) is 6.92 Å². The molecule has 2 N–H and O–H groups in total. The van der Waals surface area contributed by atoms with Crippen LogP contribution in [0.1, 0.15) is 18.9 Å². The number of fused-ring (bicyclic) bond motifs is 1. The van der Waals surface area contributed by atoms with E-state index in [9.17, 15) is 9.59 Å². The van der Waals surface area contributed by atoms with Gasteiger partial charge in [-0.1, -0.05) is 23.7 Å². The zero-order valence-corrected chi connectivity index (χ0v) is 16.2. The maximum atomic E-state index is 13.0. The van der Waals surface area contributed by atoms with Gasteiger partial charge in [0.05, 0.1) is 6.54 Å². The minimum atomic E-state index is -0.435. The average molecular weight is 392 g/mol. The van der Waals surface area contributed by atoms with Crippen molar-refractivity contribution >= 4 is 28.7 Å². The first-order chi connectivity index (χ1) is 12.8. The minimum Gasteiger partial charge on any atom is -0.396 e. The molecule has 0 radical (unpaired) electrons. The highest BCUT2D eigenvalue weighted by Gasteiger charge is 2.19. The molecule has 0 saturated carbocycles. The van der Waals surface area contributed by atoms with Gasteiger partial charge < -0.3 is 15.0 Å². The van der Waals surface area contributed by atoms with Gasteiger partial charge in [0.2, 0.25) is 5.95 Å². The number of aryl methyl sites for hydroxylation is 2. The van der Waals surface area contributed by atoms with Crippen molar-refractivity contribution in [3.05, 3.63) is 55.7 Å². The van der Waals surface area contributed by atoms with Gasteiger partial charge in [-0.2, -0.15) is 4.98 Å². The Balaban J connectivity index is 2.11. The molecule has 144 valence electrons. The van der Waals surface area contributed by atoms with E-state index in [4.69, 9.17) is 16.7 Å². The van der Waals surface area contributed by atoms with Crippen molar-refractivity contribution < 1.29 is 5.11 Å². The number of imidazole rings is 1. The molecule has 1 unspecified atom stereocenters. The summed E-state index contributed by atoms with van der Waals surface area (Å²) in [5, 5.41) is 12.8. The van der Waals surface area contributed by atoms with Gasteiger partial charge in [-0.15, -0.1) is 0 Å². The topological polar surface area (TPSA) is 94.1 Å². The summed E-state index contributed by atoms with van der Waals surface area (Å²) in [5.74, 6) is 0.474. The molecular formula is C18H22ClN5O3. The molecular weight excluding hydrogens is 370 g/mol. The third-order valence-corrected chi connectivity index (χ3v) is 4.80. The lowest BCUT2D eigenvalue weighted by Crippen LogP contribution is -2.39. The minimum absolute atomic E-state index is 0.0289. The SMILES string of the molecule is CC(CCO)Nc1nc2c(c(=O)n(Cc3ccc(Cl)cc3)c(=O)n2C)n1C. The van der Waals surface area contributed by atoms with Crippen molar-refractivity contribution in [2.24, 2.45) is 14.1 Å². The van der Waals surface area contributed by atoms with E-state index in [0.717, 1.165) is 5.56 Å². The lowest BCUT2D eigenvalue weighted by Gasteiger charge is -2.12. The van der Waals surface area contributed by atoms with Crippen LogP contribution in [-0.4, -0.2) is 36.4 Å². The maximum Gasteiger partial charge on any atom is 0.332 e. The van der Waals surface area contributed by atoms with Gasteiger partial charge in [0.25, 0.3) is 5.56 Å². The number of rotatable bonds is 6. The van der Waals surface area contributed by atoms with E-state index < -0.39 is 11.2 Å². The van der Waals surface area contributed by atoms with Crippen LogP contribution in [0, 0.1) is 0 Å². The Kier molecular flexibility index (Phi) is 5.38. The number of hydrogen-bond acceptors (Lipinski definition) is 5. The number of aliphatic hydroxyl groups excluding tert-OH is 1. The summed E-state index contributed by atoms with van der Waals surface area (Å²) in [6.07, 6.45) is 0.545. The van der Waals surface area contributed by atoms with Crippen LogP contribution >= 0.6 is 11.6 Å². The van der Waals surface area contributed by atoms with Gasteiger partial charge in [-0.3, -0.25) is 13.9 Å². The Labute approximate surface area is 160 Å². The van der Waals surface area contributed by atoms with Crippen LogP contribution in [0.25, 0.3) is 11.2 Å². The van der Waals surface area contributed by atoms with E-state index in [1.54, 1.807) is 42.9 Å². The third kappa shape index (κ3) is 3.63. The molecule has 1 aromatic carbocycles. The van der Waals surface area contributed by atoms with E-state index in [0.29, 0.717) is 28.6 Å². The first-order valence-corrected chi connectivity index (χ1v) is 8.99. The first kappa shape index (κ1) is 19.2. The number of nitrogens with zero attached hydrogens (tertiary/aromatic N) is 4. The largest absolute Gasteiger partial charge is 0.396 e. The van der Waals surface area contributed by atoms with E-state index in [-0.39, 0.29) is 19.2 Å². The Morgan fingerprint density at radius 2 is 1.85 bits per heavy atom. The number of anilines is 1. The smallest absolute Gasteiger partial charge is 0.332 e. The molecule has 1 atom stereocenters. The van der Waals surface area contributed by atoms with Gasteiger partial charge >= 0.3 is 5.69 Å². The highest BCUT2D eigenvalue weighted by Crippen LogP contribution is 2.15. The zero-order chi connectivity index (χ0) is 19.7. The normalized spacial score (nSPS) is 12.5. The molecule has 3 rings (SSSR count). The Morgan fingerprint density at radius 1 is 1.19 bits per heavy atom. The molecule has 0 amide bonds. The van der Waals surface area contributed by atoms with Crippen molar-refractivity contribution in [2.45, 2.75) is 25.9 Å². The predicted octanol–water partition coefficient (Wildman–Crippen LogP) is 1.32. The number of hydrogen-bond donors (Lipinski definition) is 2. The van der Waals surface area contributed by atoms with Crippen LogP contribution in [0.2, 0.25) is 5.02 Å². The molecule has 0 saturated heterocycles. The van der Waals surface area contributed by atoms with Gasteiger partial charge in [-0.05, 0) is 31.0 Å². The van der Waals surface area contributed by atoms with Crippen LogP contribution in [0.15, 0.2) is 33.9 Å². The quantitative estimate of drug-likeness (QED) is 0.661. The van der Waals surface area contributed by atoms with Crippen molar-refractivity contribution in [1.82, 2.24) is 18.7 Å². The summed E-state index contributed by atoms with van der Waals surface area (Å²) in [4.78, 5) is 30.1. The fraction of sp³-hybridized carbons (Fsp3) is 0.389. The molecule has 2 aromatic heterocycles. The average Bonchev–Trinajstić information content (AvgIpc) is 2.95. The second kappa shape index (κ2) is 7.58. The first-order valence-electron chi connectivity index (χ1n) is 8.61. The fourth-order valence-corrected chi connectivity index (χ4v) is 3.10. The second-order valence-corrected chi connectivity index (χ2v) is 7.02. The number of nitrogens with one attached hydrogen (secondary N) is 1. The van der Waals surface area contributed by atoms with Crippen molar-refractivity contribution in [3.8, 4) is 0 Å². The van der Waals surface area contributed by atoms with Crippen LogP contribution in [0.5, 0.6) is 0 Å². The molecule has 27 heavy (non-hydrogen) atoms. The highest BCUT2D eigenvalue weighted by molar-refractivity contribution is 6.30. The summed E-state index contributed by atoms with van der Waals surface area (Å²) in [7, 11) is 3.32. The summed E-state index contributed by atoms with van der Waals surface area (Å²) < 4.78 is 4.20. The monoisotopic (exact) mass is 391 g/mol. The van der Waals surface area contributed by atoms with Gasteiger partial charge in [0.1, 0.15) is 0 Å². The lowest BCUT2D eigenvalue weighted by molar-refractivity contribution is 0.282. The Bertz CT molecular complexity index is 1080. The summed E-state index contributed by atoms with van der Waals surface area (Å²) in [5.41, 5.74) is 0.620. The van der Waals surface area contributed by atoms with E-state index >= 15 is 0 Å². The standard InChI is InChI=1S/C18H22ClN5O3/c1-11(8-9-25)20-17-21-15-14(22(17)2)16(26)24(18(27)23(15)3)10-12-4-6-13(19)7-5-12/h4-7,11,25H,8-10H2,1-3H3,(H,20,21). The van der Waals surface area contributed by atoms with E-state index in [2.05, 4.69) is 10.3 Å². The molecule has 0 fully saturated rings. The number of aromatic nitrogens is 4. The zero-order valence-electron chi connectivity index (χ0n) is 15.4. The van der Waals surface area contributed by atoms with Crippen LogP contribution in [0.4, 0.5) is 5.95 Å². The second-order valence-electron chi connectivity index (χ2n) is 6.58. The van der Waals surface area contributed by atoms with Gasteiger partial charge in [0, 0.05) is 31.8 Å².